The van der Waals surface area contributed by atoms with Crippen molar-refractivity contribution in [1.29, 1.82) is 0 Å². The normalized spacial score (nSPS) is 38.2. The van der Waals surface area contributed by atoms with Crippen molar-refractivity contribution in [2.45, 2.75) is 12.5 Å². The summed E-state index contributed by atoms with van der Waals surface area (Å²) in [6.45, 7) is 0.416. The van der Waals surface area contributed by atoms with Crippen molar-refractivity contribution < 1.29 is 14.6 Å². The Hall–Kier alpha value is -0.670. The summed E-state index contributed by atoms with van der Waals surface area (Å²) in [4.78, 5) is 20.6. The number of hydrogen-bond acceptors (Lipinski definition) is 3. The molecule has 1 aliphatic carbocycles. The van der Waals surface area contributed by atoms with Crippen LogP contribution in [-0.2, 0) is 14.6 Å². The molecule has 0 aromatic heterocycles. The summed E-state index contributed by atoms with van der Waals surface area (Å²) >= 11 is 0. The lowest BCUT2D eigenvalue weighted by atomic mass is 9.92. The van der Waals surface area contributed by atoms with Crippen LogP contribution in [0, 0.1) is 5.92 Å². The third-order valence-corrected chi connectivity index (χ3v) is 1.86. The van der Waals surface area contributed by atoms with Crippen LogP contribution in [0.2, 0.25) is 0 Å². The Kier molecular flexibility index (Phi) is 1.32. The standard InChI is InChI=1S/C7H8O3/c8-7-2-1-6-3-5(7)4-9-10-6/h1-2,5-6H,3-4H2. The van der Waals surface area contributed by atoms with Gasteiger partial charge >= 0.3 is 0 Å². The van der Waals surface area contributed by atoms with Gasteiger partial charge in [-0.2, -0.15) is 0 Å². The van der Waals surface area contributed by atoms with Crippen LogP contribution in [0.25, 0.3) is 0 Å². The molecule has 1 saturated heterocycles. The number of hydrogen-bond donors (Lipinski definition) is 0. The zero-order valence-corrected chi connectivity index (χ0v) is 5.45. The molecule has 0 amide bonds. The molecule has 0 spiro atoms. The molecule has 2 unspecified atom stereocenters. The molecule has 2 bridgehead atoms. The van der Waals surface area contributed by atoms with Gasteiger partial charge in [0.15, 0.2) is 5.78 Å². The molecule has 2 rings (SSSR count). The van der Waals surface area contributed by atoms with E-state index in [1.165, 1.54) is 0 Å². The van der Waals surface area contributed by atoms with Crippen LogP contribution in [-0.4, -0.2) is 18.5 Å². The molecular formula is C7H8O3. The molecule has 3 nitrogen and oxygen atoms in total. The maximum Gasteiger partial charge on any atom is 0.161 e. The van der Waals surface area contributed by atoms with E-state index in [9.17, 15) is 4.79 Å². The Morgan fingerprint density at radius 2 is 2.50 bits per heavy atom. The Labute approximate surface area is 58.5 Å². The van der Waals surface area contributed by atoms with Crippen LogP contribution in [0.1, 0.15) is 6.42 Å². The summed E-state index contributed by atoms with van der Waals surface area (Å²) in [6.07, 6.45) is 4.13. The molecule has 0 aromatic rings. The first-order valence-corrected chi connectivity index (χ1v) is 3.36. The van der Waals surface area contributed by atoms with E-state index in [4.69, 9.17) is 9.78 Å². The summed E-state index contributed by atoms with van der Waals surface area (Å²) in [5, 5.41) is 0. The highest BCUT2D eigenvalue weighted by atomic mass is 17.2. The highest BCUT2D eigenvalue weighted by molar-refractivity contribution is 5.92. The number of ketones is 1. The molecule has 0 N–H and O–H groups in total. The van der Waals surface area contributed by atoms with Gasteiger partial charge in [0.05, 0.1) is 12.5 Å². The first-order valence-electron chi connectivity index (χ1n) is 3.36. The Bertz CT molecular complexity index is 185. The Morgan fingerprint density at radius 3 is 3.30 bits per heavy atom. The zero-order chi connectivity index (χ0) is 6.97. The fourth-order valence-electron chi connectivity index (χ4n) is 1.24. The van der Waals surface area contributed by atoms with Crippen molar-refractivity contribution in [3.8, 4) is 0 Å². The van der Waals surface area contributed by atoms with Gasteiger partial charge in [0.1, 0.15) is 6.10 Å². The predicted octanol–water partition coefficient (Wildman–Crippen LogP) is 0.462. The number of rotatable bonds is 0. The fraction of sp³-hybridized carbons (Fsp3) is 0.571. The highest BCUT2D eigenvalue weighted by Gasteiger charge is 2.30. The summed E-state index contributed by atoms with van der Waals surface area (Å²) in [7, 11) is 0. The van der Waals surface area contributed by atoms with E-state index in [1.807, 2.05) is 0 Å². The summed E-state index contributed by atoms with van der Waals surface area (Å²) in [5.74, 6) is 0.211. The third-order valence-electron chi connectivity index (χ3n) is 1.86. The predicted molar refractivity (Wildman–Crippen MR) is 33.1 cm³/mol. The quantitative estimate of drug-likeness (QED) is 0.458. The average molecular weight is 140 g/mol. The van der Waals surface area contributed by atoms with Crippen molar-refractivity contribution in [2.24, 2.45) is 5.92 Å². The second kappa shape index (κ2) is 2.18. The molecule has 1 fully saturated rings. The van der Waals surface area contributed by atoms with E-state index in [1.54, 1.807) is 12.2 Å². The zero-order valence-electron chi connectivity index (χ0n) is 5.45. The summed E-state index contributed by atoms with van der Waals surface area (Å²) < 4.78 is 0. The SMILES string of the molecule is O=C1C=CC2CC1COO2. The molecule has 54 valence electrons. The number of fused-ring (bicyclic) bond motifs is 2. The Balaban J connectivity index is 2.21. The van der Waals surface area contributed by atoms with Crippen LogP contribution in [0.3, 0.4) is 0 Å². The van der Waals surface area contributed by atoms with Gasteiger partial charge in [0.25, 0.3) is 0 Å². The maximum atomic E-state index is 11.0. The summed E-state index contributed by atoms with van der Waals surface area (Å²) in [6, 6.07) is 0. The van der Waals surface area contributed by atoms with E-state index >= 15 is 0 Å². The molecule has 2 atom stereocenters. The van der Waals surface area contributed by atoms with Crippen molar-refractivity contribution in [1.82, 2.24) is 0 Å². The second-order valence-corrected chi connectivity index (χ2v) is 2.61. The van der Waals surface area contributed by atoms with Crippen LogP contribution >= 0.6 is 0 Å². The number of allylic oxidation sites excluding steroid dienone is 1. The maximum absolute atomic E-state index is 11.0. The average Bonchev–Trinajstić information content (AvgIpc) is 1.99. The molecule has 0 aromatic carbocycles. The van der Waals surface area contributed by atoms with Gasteiger partial charge in [-0.05, 0) is 18.6 Å². The van der Waals surface area contributed by atoms with E-state index in [0.29, 0.717) is 6.61 Å². The molecule has 0 radical (unpaired) electrons. The molecule has 1 aliphatic heterocycles. The first kappa shape index (κ1) is 6.07. The van der Waals surface area contributed by atoms with Crippen LogP contribution < -0.4 is 0 Å². The first-order chi connectivity index (χ1) is 4.86. The Morgan fingerprint density at radius 1 is 1.60 bits per heavy atom. The molecule has 0 saturated carbocycles. The van der Waals surface area contributed by atoms with Gasteiger partial charge in [0.2, 0.25) is 0 Å². The molecule has 10 heavy (non-hydrogen) atoms. The van der Waals surface area contributed by atoms with Crippen LogP contribution in [0.5, 0.6) is 0 Å². The lowest BCUT2D eigenvalue weighted by Crippen LogP contribution is -2.34. The van der Waals surface area contributed by atoms with Crippen molar-refractivity contribution >= 4 is 5.78 Å². The fourth-order valence-corrected chi connectivity index (χ4v) is 1.24. The topological polar surface area (TPSA) is 35.5 Å². The lowest BCUT2D eigenvalue weighted by molar-refractivity contribution is -0.342. The largest absolute Gasteiger partial charge is 0.294 e. The van der Waals surface area contributed by atoms with Crippen LogP contribution in [0.4, 0.5) is 0 Å². The van der Waals surface area contributed by atoms with Gasteiger partial charge in [-0.1, -0.05) is 0 Å². The highest BCUT2D eigenvalue weighted by Crippen LogP contribution is 2.23. The minimum absolute atomic E-state index is 0.0106. The van der Waals surface area contributed by atoms with Gasteiger partial charge in [-0.25, -0.2) is 9.78 Å². The minimum atomic E-state index is 0.0106. The number of carbonyl (C=O) groups is 1. The molecule has 2 aliphatic rings. The van der Waals surface area contributed by atoms with Crippen LogP contribution in [0.15, 0.2) is 12.2 Å². The van der Waals surface area contributed by atoms with Gasteiger partial charge in [-0.3, -0.25) is 4.79 Å². The van der Waals surface area contributed by atoms with Crippen molar-refractivity contribution in [2.75, 3.05) is 6.61 Å². The third kappa shape index (κ3) is 0.874. The van der Waals surface area contributed by atoms with E-state index in [-0.39, 0.29) is 17.8 Å². The minimum Gasteiger partial charge on any atom is -0.294 e. The number of carbonyl (C=O) groups excluding carboxylic acids is 1. The van der Waals surface area contributed by atoms with Gasteiger partial charge < -0.3 is 0 Å². The lowest BCUT2D eigenvalue weighted by Gasteiger charge is -2.27. The van der Waals surface area contributed by atoms with E-state index in [0.717, 1.165) is 6.42 Å². The second-order valence-electron chi connectivity index (χ2n) is 2.61. The van der Waals surface area contributed by atoms with Gasteiger partial charge in [0, 0.05) is 0 Å². The summed E-state index contributed by atoms with van der Waals surface area (Å²) in [5.41, 5.74) is 0. The van der Waals surface area contributed by atoms with Gasteiger partial charge in [-0.15, -0.1) is 0 Å². The smallest absolute Gasteiger partial charge is 0.161 e. The molecule has 3 heteroatoms. The van der Waals surface area contributed by atoms with Crippen molar-refractivity contribution in [3.63, 3.8) is 0 Å². The van der Waals surface area contributed by atoms with Crippen molar-refractivity contribution in [3.05, 3.63) is 12.2 Å². The monoisotopic (exact) mass is 140 g/mol. The molecule has 1 heterocycles. The molecular weight excluding hydrogens is 132 g/mol. The van der Waals surface area contributed by atoms with E-state index < -0.39 is 0 Å². The van der Waals surface area contributed by atoms with E-state index in [2.05, 4.69) is 0 Å².